The molecule has 0 heterocycles. The second kappa shape index (κ2) is 3.56. The average molecular weight is 268 g/mol. The predicted octanol–water partition coefficient (Wildman–Crippen LogP) is 3.47. The van der Waals surface area contributed by atoms with Crippen LogP contribution in [0.15, 0.2) is 16.6 Å². The second-order valence-electron chi connectivity index (χ2n) is 3.31. The summed E-state index contributed by atoms with van der Waals surface area (Å²) in [6.07, 6.45) is 0. The zero-order valence-corrected chi connectivity index (χ0v) is 9.58. The highest BCUT2D eigenvalue weighted by molar-refractivity contribution is 9.10. The van der Waals surface area contributed by atoms with Crippen molar-refractivity contribution in [2.45, 2.75) is 19.4 Å². The number of rotatable bonds is 1. The Labute approximate surface area is 89.7 Å². The Morgan fingerprint density at radius 1 is 1.46 bits per heavy atom. The average Bonchev–Trinajstić information content (AvgIpc) is 1.94. The molecule has 1 aromatic carbocycles. The van der Waals surface area contributed by atoms with Gasteiger partial charge in [0.05, 0.1) is 10.6 Å². The molecule has 0 saturated carbocycles. The maximum atomic E-state index is 13.3. The van der Waals surface area contributed by atoms with Gasteiger partial charge in [-0.1, -0.05) is 11.6 Å². The van der Waals surface area contributed by atoms with Crippen LogP contribution in [-0.2, 0) is 5.60 Å². The Kier molecular flexibility index (Phi) is 3.00. The Hall–Kier alpha value is -0.120. The standard InChI is InChI=1S/C9H9BrClFO/c1-9(2,13)5-3-6(10)7(11)4-8(5)12/h3-4,13H,1-2H3. The van der Waals surface area contributed by atoms with Gasteiger partial charge in [-0.05, 0) is 41.9 Å². The number of halogens is 3. The van der Waals surface area contributed by atoms with Crippen molar-refractivity contribution < 1.29 is 9.50 Å². The lowest BCUT2D eigenvalue weighted by atomic mass is 9.98. The minimum Gasteiger partial charge on any atom is -0.386 e. The van der Waals surface area contributed by atoms with Crippen molar-refractivity contribution in [3.63, 3.8) is 0 Å². The first-order valence-electron chi connectivity index (χ1n) is 3.70. The van der Waals surface area contributed by atoms with Crippen LogP contribution in [-0.4, -0.2) is 5.11 Å². The topological polar surface area (TPSA) is 20.2 Å². The third-order valence-corrected chi connectivity index (χ3v) is 2.87. The summed E-state index contributed by atoms with van der Waals surface area (Å²) in [5.41, 5.74) is -0.972. The monoisotopic (exact) mass is 266 g/mol. The Morgan fingerprint density at radius 3 is 2.46 bits per heavy atom. The van der Waals surface area contributed by atoms with Gasteiger partial charge in [0.1, 0.15) is 5.82 Å². The van der Waals surface area contributed by atoms with E-state index in [1.54, 1.807) is 0 Å². The molecule has 0 aromatic heterocycles. The van der Waals surface area contributed by atoms with Crippen molar-refractivity contribution in [1.29, 1.82) is 0 Å². The first kappa shape index (κ1) is 11.0. The summed E-state index contributed by atoms with van der Waals surface area (Å²) in [7, 11) is 0. The Balaban J connectivity index is 3.32. The second-order valence-corrected chi connectivity index (χ2v) is 4.57. The summed E-state index contributed by atoms with van der Waals surface area (Å²) in [5, 5.41) is 9.88. The van der Waals surface area contributed by atoms with Gasteiger partial charge in [-0.3, -0.25) is 0 Å². The van der Waals surface area contributed by atoms with Crippen LogP contribution < -0.4 is 0 Å². The molecule has 0 saturated heterocycles. The Bertz CT molecular complexity index is 333. The molecule has 1 rings (SSSR count). The summed E-state index contributed by atoms with van der Waals surface area (Å²) in [5.74, 6) is -0.499. The molecule has 0 radical (unpaired) electrons. The van der Waals surface area contributed by atoms with Crippen LogP contribution in [0.5, 0.6) is 0 Å². The van der Waals surface area contributed by atoms with Crippen LogP contribution in [0.4, 0.5) is 4.39 Å². The molecule has 0 atom stereocenters. The van der Waals surface area contributed by atoms with E-state index in [0.717, 1.165) is 0 Å². The third kappa shape index (κ3) is 2.42. The summed E-state index contributed by atoms with van der Waals surface area (Å²) < 4.78 is 13.8. The zero-order chi connectivity index (χ0) is 10.2. The highest BCUT2D eigenvalue weighted by Gasteiger charge is 2.21. The van der Waals surface area contributed by atoms with E-state index in [4.69, 9.17) is 11.6 Å². The van der Waals surface area contributed by atoms with Gasteiger partial charge in [0, 0.05) is 10.0 Å². The molecule has 13 heavy (non-hydrogen) atoms. The fraction of sp³-hybridized carbons (Fsp3) is 0.333. The normalized spacial score (nSPS) is 11.8. The zero-order valence-electron chi connectivity index (χ0n) is 7.24. The fourth-order valence-electron chi connectivity index (χ4n) is 0.991. The molecule has 1 N–H and O–H groups in total. The molecular weight excluding hydrogens is 258 g/mol. The lowest BCUT2D eigenvalue weighted by molar-refractivity contribution is 0.0745. The number of aliphatic hydroxyl groups is 1. The first-order chi connectivity index (χ1) is 5.82. The van der Waals surface area contributed by atoms with E-state index in [1.807, 2.05) is 0 Å². The summed E-state index contributed by atoms with van der Waals surface area (Å²) in [6, 6.07) is 2.66. The van der Waals surface area contributed by atoms with Crippen LogP contribution in [0.25, 0.3) is 0 Å². The molecule has 0 aliphatic heterocycles. The largest absolute Gasteiger partial charge is 0.386 e. The molecule has 72 valence electrons. The van der Waals surface area contributed by atoms with Crippen molar-refractivity contribution in [3.8, 4) is 0 Å². The molecule has 0 aliphatic carbocycles. The number of benzene rings is 1. The van der Waals surface area contributed by atoms with Crippen LogP contribution in [0.1, 0.15) is 19.4 Å². The van der Waals surface area contributed by atoms with Gasteiger partial charge in [0.15, 0.2) is 0 Å². The van der Waals surface area contributed by atoms with Crippen LogP contribution in [0, 0.1) is 5.82 Å². The van der Waals surface area contributed by atoms with Crippen molar-refractivity contribution in [2.24, 2.45) is 0 Å². The third-order valence-electron chi connectivity index (χ3n) is 1.67. The first-order valence-corrected chi connectivity index (χ1v) is 4.87. The van der Waals surface area contributed by atoms with Crippen molar-refractivity contribution in [1.82, 2.24) is 0 Å². The van der Waals surface area contributed by atoms with Crippen LogP contribution >= 0.6 is 27.5 Å². The van der Waals surface area contributed by atoms with E-state index in [2.05, 4.69) is 15.9 Å². The van der Waals surface area contributed by atoms with Gasteiger partial charge in [-0.15, -0.1) is 0 Å². The number of hydrogen-bond acceptors (Lipinski definition) is 1. The smallest absolute Gasteiger partial charge is 0.130 e. The van der Waals surface area contributed by atoms with Crippen molar-refractivity contribution in [2.75, 3.05) is 0 Å². The van der Waals surface area contributed by atoms with E-state index in [-0.39, 0.29) is 5.56 Å². The molecule has 0 spiro atoms. The van der Waals surface area contributed by atoms with E-state index in [0.29, 0.717) is 9.50 Å². The quantitative estimate of drug-likeness (QED) is 0.773. The molecular formula is C9H9BrClFO. The van der Waals surface area contributed by atoms with E-state index < -0.39 is 11.4 Å². The van der Waals surface area contributed by atoms with Gasteiger partial charge in [-0.2, -0.15) is 0 Å². The van der Waals surface area contributed by atoms with Crippen LogP contribution in [0.3, 0.4) is 0 Å². The minimum atomic E-state index is -1.20. The Morgan fingerprint density at radius 2 is 2.00 bits per heavy atom. The SMILES string of the molecule is CC(C)(O)c1cc(Br)c(Cl)cc1F. The van der Waals surface area contributed by atoms with E-state index in [1.165, 1.54) is 26.0 Å². The summed E-state index contributed by atoms with van der Waals surface area (Å²) >= 11 is 8.83. The van der Waals surface area contributed by atoms with Gasteiger partial charge in [-0.25, -0.2) is 4.39 Å². The highest BCUT2D eigenvalue weighted by Crippen LogP contribution is 2.31. The molecule has 1 aromatic rings. The van der Waals surface area contributed by atoms with Gasteiger partial charge in [0.25, 0.3) is 0 Å². The molecule has 0 amide bonds. The van der Waals surface area contributed by atoms with Crippen molar-refractivity contribution in [3.05, 3.63) is 33.0 Å². The van der Waals surface area contributed by atoms with E-state index in [9.17, 15) is 9.50 Å². The van der Waals surface area contributed by atoms with Crippen molar-refractivity contribution >= 4 is 27.5 Å². The molecule has 4 heteroatoms. The number of hydrogen-bond donors (Lipinski definition) is 1. The lowest BCUT2D eigenvalue weighted by Gasteiger charge is -2.19. The maximum Gasteiger partial charge on any atom is 0.130 e. The summed E-state index contributed by atoms with van der Waals surface area (Å²) in [4.78, 5) is 0. The molecule has 0 bridgehead atoms. The van der Waals surface area contributed by atoms with Gasteiger partial charge >= 0.3 is 0 Å². The minimum absolute atomic E-state index is 0.226. The van der Waals surface area contributed by atoms with E-state index >= 15 is 0 Å². The highest BCUT2D eigenvalue weighted by atomic mass is 79.9. The van der Waals surface area contributed by atoms with Gasteiger partial charge in [0.2, 0.25) is 0 Å². The molecule has 0 fully saturated rings. The predicted molar refractivity (Wildman–Crippen MR) is 54.4 cm³/mol. The molecule has 1 nitrogen and oxygen atoms in total. The fourth-order valence-corrected chi connectivity index (χ4v) is 1.49. The lowest BCUT2D eigenvalue weighted by Crippen LogP contribution is -2.17. The summed E-state index contributed by atoms with van der Waals surface area (Å²) in [6.45, 7) is 3.04. The molecule has 0 aliphatic rings. The van der Waals surface area contributed by atoms with Gasteiger partial charge < -0.3 is 5.11 Å². The maximum absolute atomic E-state index is 13.3. The van der Waals surface area contributed by atoms with Crippen LogP contribution in [0.2, 0.25) is 5.02 Å². The molecule has 0 unspecified atom stereocenters.